The highest BCUT2D eigenvalue weighted by atomic mass is 16.5. The van der Waals surface area contributed by atoms with Gasteiger partial charge in [0.1, 0.15) is 18.1 Å². The van der Waals surface area contributed by atoms with Gasteiger partial charge in [0.25, 0.3) is 0 Å². The molecule has 0 aliphatic heterocycles. The number of nitrogens with one attached hydrogen (secondary N) is 1. The lowest BCUT2D eigenvalue weighted by Crippen LogP contribution is -2.48. The van der Waals surface area contributed by atoms with Crippen molar-refractivity contribution in [2.24, 2.45) is 0 Å². The standard InChI is InChI=1S/C30H33N5O4/c1-20-12-15-23(16-13-20)35(28(37)19-34-25-11-7-6-10-24(25)32-33-34)29(21-14-17-27(39-2)26(36)18-21)30(38)31-22-8-4-3-5-9-22/h6-7,10-18,22,29,36H,3-5,8-9,19H2,1-2H3,(H,31,38)/t29-/m1/s1. The molecular weight excluding hydrogens is 494 g/mol. The van der Waals surface area contributed by atoms with Crippen molar-refractivity contribution in [2.45, 2.75) is 57.7 Å². The molecular formula is C30H33N5O4. The number of benzene rings is 3. The van der Waals surface area contributed by atoms with Gasteiger partial charge in [0.15, 0.2) is 11.5 Å². The molecule has 0 unspecified atom stereocenters. The monoisotopic (exact) mass is 527 g/mol. The number of fused-ring (bicyclic) bond motifs is 1. The molecule has 5 rings (SSSR count). The van der Waals surface area contributed by atoms with Crippen LogP contribution in [0.4, 0.5) is 5.69 Å². The summed E-state index contributed by atoms with van der Waals surface area (Å²) in [5, 5.41) is 22.2. The van der Waals surface area contributed by atoms with Crippen molar-refractivity contribution in [2.75, 3.05) is 12.0 Å². The van der Waals surface area contributed by atoms with E-state index in [0.29, 0.717) is 16.8 Å². The third-order valence-corrected chi connectivity index (χ3v) is 7.26. The summed E-state index contributed by atoms with van der Waals surface area (Å²) in [6.07, 6.45) is 5.06. The molecule has 0 bridgehead atoms. The maximum Gasteiger partial charge on any atom is 0.249 e. The Kier molecular flexibility index (Phi) is 7.76. The maximum absolute atomic E-state index is 14.1. The van der Waals surface area contributed by atoms with Crippen molar-refractivity contribution < 1.29 is 19.4 Å². The lowest BCUT2D eigenvalue weighted by Gasteiger charge is -2.33. The van der Waals surface area contributed by atoms with Gasteiger partial charge >= 0.3 is 0 Å². The van der Waals surface area contributed by atoms with Gasteiger partial charge in [0.2, 0.25) is 11.8 Å². The average molecular weight is 528 g/mol. The molecule has 9 heteroatoms. The highest BCUT2D eigenvalue weighted by molar-refractivity contribution is 6.01. The molecule has 202 valence electrons. The van der Waals surface area contributed by atoms with E-state index >= 15 is 0 Å². The van der Waals surface area contributed by atoms with Crippen molar-refractivity contribution in [1.29, 1.82) is 0 Å². The topological polar surface area (TPSA) is 110 Å². The smallest absolute Gasteiger partial charge is 0.249 e. The molecule has 2 amide bonds. The van der Waals surface area contributed by atoms with Gasteiger partial charge in [-0.2, -0.15) is 0 Å². The zero-order valence-corrected chi connectivity index (χ0v) is 22.2. The van der Waals surface area contributed by atoms with Crippen LogP contribution in [-0.2, 0) is 16.1 Å². The second-order valence-corrected chi connectivity index (χ2v) is 10.0. The molecule has 1 aliphatic carbocycles. The van der Waals surface area contributed by atoms with Crippen LogP contribution in [0.3, 0.4) is 0 Å². The first-order valence-electron chi connectivity index (χ1n) is 13.3. The number of phenolic OH excluding ortho intramolecular Hbond substituents is 1. The Morgan fingerprint density at radius 1 is 1.08 bits per heavy atom. The molecule has 1 fully saturated rings. The number of hydrogen-bond donors (Lipinski definition) is 2. The zero-order chi connectivity index (χ0) is 27.4. The second kappa shape index (κ2) is 11.6. The van der Waals surface area contributed by atoms with Crippen LogP contribution >= 0.6 is 0 Å². The quantitative estimate of drug-likeness (QED) is 0.344. The van der Waals surface area contributed by atoms with Crippen molar-refractivity contribution in [3.8, 4) is 11.5 Å². The number of nitrogens with zero attached hydrogens (tertiary/aromatic N) is 4. The number of para-hydroxylation sites is 1. The fourth-order valence-corrected chi connectivity index (χ4v) is 5.20. The van der Waals surface area contributed by atoms with Crippen molar-refractivity contribution >= 4 is 28.5 Å². The van der Waals surface area contributed by atoms with E-state index in [-0.39, 0.29) is 35.9 Å². The Labute approximate surface area is 227 Å². The molecule has 9 nitrogen and oxygen atoms in total. The first-order chi connectivity index (χ1) is 18.9. The van der Waals surface area contributed by atoms with Crippen LogP contribution in [-0.4, -0.2) is 45.1 Å². The Bertz CT molecular complexity index is 1460. The van der Waals surface area contributed by atoms with Gasteiger partial charge in [-0.3, -0.25) is 14.5 Å². The fourth-order valence-electron chi connectivity index (χ4n) is 5.20. The number of phenols is 1. The summed E-state index contributed by atoms with van der Waals surface area (Å²) >= 11 is 0. The second-order valence-electron chi connectivity index (χ2n) is 10.0. The minimum Gasteiger partial charge on any atom is -0.504 e. The summed E-state index contributed by atoms with van der Waals surface area (Å²) in [6, 6.07) is 18.7. The molecule has 0 radical (unpaired) electrons. The summed E-state index contributed by atoms with van der Waals surface area (Å²) in [5.41, 5.74) is 3.46. The molecule has 3 aromatic carbocycles. The number of carbonyl (C=O) groups excluding carboxylic acids is 2. The first kappa shape index (κ1) is 26.2. The third kappa shape index (κ3) is 5.72. The lowest BCUT2D eigenvalue weighted by atomic mass is 9.94. The Hall–Kier alpha value is -4.40. The van der Waals surface area contributed by atoms with E-state index in [0.717, 1.165) is 43.2 Å². The SMILES string of the molecule is COc1ccc([C@H](C(=O)NC2CCCCC2)N(C(=O)Cn2nnc3ccccc32)c2ccc(C)cc2)cc1O. The Morgan fingerprint density at radius 3 is 2.54 bits per heavy atom. The van der Waals surface area contributed by atoms with E-state index in [9.17, 15) is 14.7 Å². The molecule has 1 aliphatic rings. The number of rotatable bonds is 8. The number of amides is 2. The highest BCUT2D eigenvalue weighted by Crippen LogP contribution is 2.34. The normalized spacial score (nSPS) is 14.6. The predicted molar refractivity (Wildman–Crippen MR) is 149 cm³/mol. The van der Waals surface area contributed by atoms with Crippen LogP contribution in [0.15, 0.2) is 66.7 Å². The first-order valence-corrected chi connectivity index (χ1v) is 13.3. The highest BCUT2D eigenvalue weighted by Gasteiger charge is 2.35. The third-order valence-electron chi connectivity index (χ3n) is 7.26. The number of anilines is 1. The Balaban J connectivity index is 1.58. The molecule has 0 spiro atoms. The number of aromatic hydroxyl groups is 1. The van der Waals surface area contributed by atoms with Crippen LogP contribution in [0.25, 0.3) is 11.0 Å². The summed E-state index contributed by atoms with van der Waals surface area (Å²) in [5.74, 6) is -0.464. The van der Waals surface area contributed by atoms with Crippen molar-refractivity contribution in [3.05, 3.63) is 77.9 Å². The van der Waals surface area contributed by atoms with Gasteiger partial charge in [-0.15, -0.1) is 5.10 Å². The summed E-state index contributed by atoms with van der Waals surface area (Å²) < 4.78 is 6.77. The van der Waals surface area contributed by atoms with E-state index in [1.807, 2.05) is 55.5 Å². The molecule has 0 saturated heterocycles. The molecule has 2 N–H and O–H groups in total. The minimum atomic E-state index is -1.03. The molecule has 1 aromatic heterocycles. The van der Waals surface area contributed by atoms with Crippen LogP contribution in [0.5, 0.6) is 11.5 Å². The van der Waals surface area contributed by atoms with E-state index < -0.39 is 6.04 Å². The number of methoxy groups -OCH3 is 1. The molecule has 4 aromatic rings. The summed E-state index contributed by atoms with van der Waals surface area (Å²) in [6.45, 7) is 1.84. The van der Waals surface area contributed by atoms with E-state index in [2.05, 4.69) is 15.6 Å². The largest absolute Gasteiger partial charge is 0.504 e. The molecule has 39 heavy (non-hydrogen) atoms. The maximum atomic E-state index is 14.1. The summed E-state index contributed by atoms with van der Waals surface area (Å²) in [7, 11) is 1.46. The summed E-state index contributed by atoms with van der Waals surface area (Å²) in [4.78, 5) is 29.7. The lowest BCUT2D eigenvalue weighted by molar-refractivity contribution is -0.127. The number of hydrogen-bond acceptors (Lipinski definition) is 6. The minimum absolute atomic E-state index is 0.0369. The van der Waals surface area contributed by atoms with Gasteiger partial charge in [0, 0.05) is 11.7 Å². The molecule has 1 saturated carbocycles. The number of aryl methyl sites for hydroxylation is 1. The van der Waals surface area contributed by atoms with Gasteiger partial charge in [-0.1, -0.05) is 60.4 Å². The van der Waals surface area contributed by atoms with Gasteiger partial charge in [-0.25, -0.2) is 4.68 Å². The number of ether oxygens (including phenoxy) is 1. The van der Waals surface area contributed by atoms with Crippen LogP contribution in [0, 0.1) is 6.92 Å². The van der Waals surface area contributed by atoms with Crippen LogP contribution in [0.2, 0.25) is 0 Å². The van der Waals surface area contributed by atoms with Crippen LogP contribution in [0.1, 0.15) is 49.3 Å². The van der Waals surface area contributed by atoms with Crippen molar-refractivity contribution in [3.63, 3.8) is 0 Å². The van der Waals surface area contributed by atoms with Gasteiger partial charge < -0.3 is 15.2 Å². The molecule has 1 heterocycles. The number of carbonyl (C=O) groups is 2. The van der Waals surface area contributed by atoms with Gasteiger partial charge in [0.05, 0.1) is 12.6 Å². The van der Waals surface area contributed by atoms with E-state index in [1.54, 1.807) is 16.8 Å². The van der Waals surface area contributed by atoms with Gasteiger partial charge in [-0.05, 0) is 61.7 Å². The number of aromatic nitrogens is 3. The predicted octanol–water partition coefficient (Wildman–Crippen LogP) is 4.68. The van der Waals surface area contributed by atoms with E-state index in [4.69, 9.17) is 4.74 Å². The van der Waals surface area contributed by atoms with E-state index in [1.165, 1.54) is 18.1 Å². The Morgan fingerprint density at radius 2 is 1.82 bits per heavy atom. The average Bonchev–Trinajstić information content (AvgIpc) is 3.35. The van der Waals surface area contributed by atoms with Crippen LogP contribution < -0.4 is 15.0 Å². The molecule has 1 atom stereocenters. The zero-order valence-electron chi connectivity index (χ0n) is 22.2. The fraction of sp³-hybridized carbons (Fsp3) is 0.333. The van der Waals surface area contributed by atoms with Crippen molar-refractivity contribution in [1.82, 2.24) is 20.3 Å².